The molecule has 24 heavy (non-hydrogen) atoms. The van der Waals surface area contributed by atoms with E-state index >= 15 is 0 Å². The molecule has 0 aliphatic heterocycles. The van der Waals surface area contributed by atoms with Crippen LogP contribution in [-0.4, -0.2) is 27.2 Å². The largest absolute Gasteiger partial charge is 0.461 e. The summed E-state index contributed by atoms with van der Waals surface area (Å²) in [6.45, 7) is 3.74. The second kappa shape index (κ2) is 7.83. The van der Waals surface area contributed by atoms with Gasteiger partial charge in [-0.3, -0.25) is 0 Å². The first-order chi connectivity index (χ1) is 11.4. The van der Waals surface area contributed by atoms with Crippen molar-refractivity contribution in [2.24, 2.45) is 4.40 Å². The molecule has 0 saturated carbocycles. The van der Waals surface area contributed by atoms with Crippen LogP contribution in [0.5, 0.6) is 0 Å². The topological polar surface area (TPSA) is 76.7 Å². The van der Waals surface area contributed by atoms with Gasteiger partial charge >= 0.3 is 5.97 Å². The van der Waals surface area contributed by atoms with Gasteiger partial charge in [-0.25, -0.2) is 4.79 Å². The third-order valence-corrected chi connectivity index (χ3v) is 4.51. The average molecular weight is 347 g/mol. The maximum atomic E-state index is 12.3. The molecular formula is C17H19N2O4S+. The highest BCUT2D eigenvalue weighted by atomic mass is 32.2. The van der Waals surface area contributed by atoms with Crippen LogP contribution in [0.25, 0.3) is 0 Å². The molecule has 0 aliphatic rings. The molecule has 0 spiro atoms. The number of ether oxygens (including phenoxy) is 1. The lowest BCUT2D eigenvalue weighted by atomic mass is 10.2. The number of carbonyl (C=O) groups is 1. The second-order valence-electron chi connectivity index (χ2n) is 5.06. The fraction of sp³-hybridized carbons (Fsp3) is 0.235. The van der Waals surface area contributed by atoms with Crippen molar-refractivity contribution in [3.63, 3.8) is 0 Å². The van der Waals surface area contributed by atoms with Crippen LogP contribution in [0.3, 0.4) is 0 Å². The van der Waals surface area contributed by atoms with Gasteiger partial charge in [-0.1, -0.05) is 23.8 Å². The Morgan fingerprint density at radius 1 is 1.21 bits per heavy atom. The van der Waals surface area contributed by atoms with Gasteiger partial charge in [0.1, 0.15) is 0 Å². The predicted molar refractivity (Wildman–Crippen MR) is 89.2 cm³/mol. The van der Waals surface area contributed by atoms with E-state index in [0.717, 1.165) is 11.8 Å². The van der Waals surface area contributed by atoms with Gasteiger partial charge in [-0.2, -0.15) is 17.4 Å². The zero-order valence-electron chi connectivity index (χ0n) is 13.5. The number of rotatable bonds is 6. The Morgan fingerprint density at radius 3 is 2.42 bits per heavy atom. The maximum absolute atomic E-state index is 12.3. The standard InChI is InChI=1S/C17H19N2O4S/c1-3-23-17(20)16(19-11-5-4-6-12-19)13-18-24(21,22)15-9-7-14(2)8-10-15/h4-13,16H,3H2,1-2H3/q+1. The van der Waals surface area contributed by atoms with Gasteiger partial charge < -0.3 is 4.74 Å². The zero-order chi connectivity index (χ0) is 17.6. The van der Waals surface area contributed by atoms with Gasteiger partial charge in [0.05, 0.1) is 17.7 Å². The minimum absolute atomic E-state index is 0.0741. The zero-order valence-corrected chi connectivity index (χ0v) is 14.3. The number of pyridine rings is 1. The van der Waals surface area contributed by atoms with E-state index in [-0.39, 0.29) is 11.5 Å². The van der Waals surface area contributed by atoms with Crippen LogP contribution < -0.4 is 4.57 Å². The summed E-state index contributed by atoms with van der Waals surface area (Å²) in [4.78, 5) is 12.2. The Hall–Kier alpha value is -2.54. The summed E-state index contributed by atoms with van der Waals surface area (Å²) in [6, 6.07) is 10.6. The monoisotopic (exact) mass is 347 g/mol. The van der Waals surface area contributed by atoms with Gasteiger partial charge in [0.25, 0.3) is 16.1 Å². The maximum Gasteiger partial charge on any atom is 0.382 e. The number of hydrogen-bond acceptors (Lipinski definition) is 4. The van der Waals surface area contributed by atoms with Gasteiger partial charge in [0.2, 0.25) is 0 Å². The van der Waals surface area contributed by atoms with E-state index in [4.69, 9.17) is 4.74 Å². The van der Waals surface area contributed by atoms with E-state index < -0.39 is 22.0 Å². The summed E-state index contributed by atoms with van der Waals surface area (Å²) < 4.78 is 34.8. The lowest BCUT2D eigenvalue weighted by molar-refractivity contribution is -0.694. The van der Waals surface area contributed by atoms with E-state index in [2.05, 4.69) is 4.40 Å². The van der Waals surface area contributed by atoms with Crippen LogP contribution in [-0.2, 0) is 19.6 Å². The molecule has 2 aromatic rings. The number of sulfonamides is 1. The van der Waals surface area contributed by atoms with Crippen LogP contribution in [0.15, 0.2) is 64.2 Å². The van der Waals surface area contributed by atoms with Crippen molar-refractivity contribution in [3.05, 3.63) is 60.4 Å². The molecule has 1 heterocycles. The number of benzene rings is 1. The van der Waals surface area contributed by atoms with E-state index in [9.17, 15) is 13.2 Å². The summed E-state index contributed by atoms with van der Waals surface area (Å²) in [7, 11) is -3.88. The highest BCUT2D eigenvalue weighted by molar-refractivity contribution is 7.90. The van der Waals surface area contributed by atoms with Crippen LogP contribution in [0, 0.1) is 6.92 Å². The second-order valence-corrected chi connectivity index (χ2v) is 6.69. The van der Waals surface area contributed by atoms with E-state index in [0.29, 0.717) is 0 Å². The predicted octanol–water partition coefficient (Wildman–Crippen LogP) is 1.85. The number of aryl methyl sites for hydroxylation is 1. The molecule has 7 heteroatoms. The molecule has 0 N–H and O–H groups in total. The normalized spacial score (nSPS) is 12.9. The Morgan fingerprint density at radius 2 is 1.83 bits per heavy atom. The highest BCUT2D eigenvalue weighted by Crippen LogP contribution is 2.13. The Balaban J connectivity index is 2.33. The molecule has 0 fully saturated rings. The van der Waals surface area contributed by atoms with Crippen LogP contribution in [0.2, 0.25) is 0 Å². The summed E-state index contributed by atoms with van der Waals surface area (Å²) in [5, 5.41) is 0. The van der Waals surface area contributed by atoms with E-state index in [1.807, 2.05) is 6.92 Å². The van der Waals surface area contributed by atoms with Crippen molar-refractivity contribution >= 4 is 22.2 Å². The summed E-state index contributed by atoms with van der Waals surface area (Å²) in [5.41, 5.74) is 0.946. The third kappa shape index (κ3) is 4.48. The minimum Gasteiger partial charge on any atom is -0.461 e. The molecule has 0 radical (unpaired) electrons. The Labute approximate surface area is 141 Å². The molecule has 0 aliphatic carbocycles. The number of hydrogen-bond donors (Lipinski definition) is 0. The molecule has 0 saturated heterocycles. The van der Waals surface area contributed by atoms with Crippen molar-refractivity contribution in [1.82, 2.24) is 0 Å². The van der Waals surface area contributed by atoms with Crippen LogP contribution in [0.4, 0.5) is 0 Å². The first-order valence-corrected chi connectivity index (χ1v) is 8.87. The summed E-state index contributed by atoms with van der Waals surface area (Å²) in [6.07, 6.45) is 4.38. The van der Waals surface area contributed by atoms with E-state index in [1.165, 1.54) is 16.7 Å². The van der Waals surface area contributed by atoms with Gasteiger partial charge in [0.15, 0.2) is 12.4 Å². The number of aromatic nitrogens is 1. The first-order valence-electron chi connectivity index (χ1n) is 7.43. The summed E-state index contributed by atoms with van der Waals surface area (Å²) >= 11 is 0. The number of esters is 1. The average Bonchev–Trinajstić information content (AvgIpc) is 2.56. The molecule has 1 atom stereocenters. The number of nitrogens with zero attached hydrogens (tertiary/aromatic N) is 2. The first kappa shape index (κ1) is 17.8. The van der Waals surface area contributed by atoms with Crippen molar-refractivity contribution in [3.8, 4) is 0 Å². The van der Waals surface area contributed by atoms with Crippen molar-refractivity contribution in [2.75, 3.05) is 6.61 Å². The molecule has 2 rings (SSSR count). The molecule has 6 nitrogen and oxygen atoms in total. The van der Waals surface area contributed by atoms with Gasteiger partial charge in [-0.15, -0.1) is 0 Å². The van der Waals surface area contributed by atoms with Crippen molar-refractivity contribution < 1.29 is 22.5 Å². The van der Waals surface area contributed by atoms with Crippen molar-refractivity contribution in [2.45, 2.75) is 24.8 Å². The van der Waals surface area contributed by atoms with Gasteiger partial charge in [0, 0.05) is 12.1 Å². The molecule has 1 unspecified atom stereocenters. The van der Waals surface area contributed by atoms with E-state index in [1.54, 1.807) is 49.6 Å². The number of carbonyl (C=O) groups excluding carboxylic acids is 1. The van der Waals surface area contributed by atoms with Crippen molar-refractivity contribution in [1.29, 1.82) is 0 Å². The smallest absolute Gasteiger partial charge is 0.382 e. The lowest BCUT2D eigenvalue weighted by Crippen LogP contribution is -2.45. The van der Waals surface area contributed by atoms with Crippen LogP contribution >= 0.6 is 0 Å². The molecule has 1 aromatic carbocycles. The van der Waals surface area contributed by atoms with Crippen LogP contribution in [0.1, 0.15) is 18.5 Å². The molecule has 0 amide bonds. The lowest BCUT2D eigenvalue weighted by Gasteiger charge is -2.07. The SMILES string of the molecule is CCOC(=O)C(C=NS(=O)(=O)c1ccc(C)cc1)[n+]1ccccc1. The van der Waals surface area contributed by atoms with Gasteiger partial charge in [-0.05, 0) is 26.0 Å². The fourth-order valence-corrected chi connectivity index (χ4v) is 2.87. The minimum atomic E-state index is -3.88. The third-order valence-electron chi connectivity index (χ3n) is 3.25. The quantitative estimate of drug-likeness (QED) is 0.454. The molecule has 0 bridgehead atoms. The fourth-order valence-electron chi connectivity index (χ4n) is 1.99. The molecule has 1 aromatic heterocycles. The summed E-state index contributed by atoms with van der Waals surface area (Å²) in [5.74, 6) is -0.573. The Bertz CT molecular complexity index is 815. The molecular weight excluding hydrogens is 328 g/mol. The highest BCUT2D eigenvalue weighted by Gasteiger charge is 2.28. The molecule has 126 valence electrons. The Kier molecular flexibility index (Phi) is 5.81.